The fourth-order valence-corrected chi connectivity index (χ4v) is 5.80. The molecule has 0 saturated heterocycles. The van der Waals surface area contributed by atoms with Gasteiger partial charge in [0.15, 0.2) is 0 Å². The van der Waals surface area contributed by atoms with E-state index in [2.05, 4.69) is 107 Å². The summed E-state index contributed by atoms with van der Waals surface area (Å²) in [5.41, 5.74) is 8.14. The summed E-state index contributed by atoms with van der Waals surface area (Å²) in [6.45, 7) is 27.2. The smallest absolute Gasteiger partial charge is 0.250 e. The number of fused-ring (bicyclic) bond motifs is 1. The molecule has 1 aliphatic heterocycles. The highest BCUT2D eigenvalue weighted by atomic mass is 28.4. The van der Waals surface area contributed by atoms with Crippen LogP contribution in [0.2, 0.25) is 18.1 Å². The second kappa shape index (κ2) is 12.9. The lowest BCUT2D eigenvalue weighted by Gasteiger charge is -2.40. The maximum absolute atomic E-state index is 6.74. The lowest BCUT2D eigenvalue weighted by molar-refractivity contribution is 0.0560. The zero-order valence-electron chi connectivity index (χ0n) is 26.3. The highest BCUT2D eigenvalue weighted by molar-refractivity contribution is 6.74. The van der Waals surface area contributed by atoms with Gasteiger partial charge in [0.25, 0.3) is 0 Å². The van der Waals surface area contributed by atoms with Gasteiger partial charge in [-0.3, -0.25) is 0 Å². The molecule has 0 unspecified atom stereocenters. The molecule has 0 bridgehead atoms. The number of hydrogen-bond donors (Lipinski definition) is 0. The number of ether oxygens (including phenoxy) is 1. The summed E-state index contributed by atoms with van der Waals surface area (Å²) in [5.74, 6) is 2.16. The van der Waals surface area contributed by atoms with Crippen LogP contribution in [-0.2, 0) is 6.42 Å². The van der Waals surface area contributed by atoms with Gasteiger partial charge in [0.05, 0.1) is 0 Å². The van der Waals surface area contributed by atoms with Gasteiger partial charge in [0, 0.05) is 5.56 Å². The van der Waals surface area contributed by atoms with Crippen molar-refractivity contribution in [3.63, 3.8) is 0 Å². The van der Waals surface area contributed by atoms with Crippen molar-refractivity contribution in [2.24, 2.45) is 0 Å². The van der Waals surface area contributed by atoms with E-state index in [1.165, 1.54) is 39.8 Å². The first-order valence-corrected chi connectivity index (χ1v) is 17.4. The zero-order chi connectivity index (χ0) is 28.0. The van der Waals surface area contributed by atoms with Gasteiger partial charge in [0.1, 0.15) is 17.1 Å². The molecule has 208 valence electrons. The predicted molar refractivity (Wildman–Crippen MR) is 166 cm³/mol. The molecule has 37 heavy (non-hydrogen) atoms. The van der Waals surface area contributed by atoms with Crippen LogP contribution in [0.15, 0.2) is 41.0 Å². The summed E-state index contributed by atoms with van der Waals surface area (Å²) in [6.07, 6.45) is 16.1. The molecule has 2 nitrogen and oxygen atoms in total. The molecule has 3 heteroatoms. The van der Waals surface area contributed by atoms with E-state index in [9.17, 15) is 0 Å². The van der Waals surface area contributed by atoms with Gasteiger partial charge in [-0.05, 0) is 135 Å². The van der Waals surface area contributed by atoms with Crippen LogP contribution in [0.4, 0.5) is 0 Å². The van der Waals surface area contributed by atoms with Crippen LogP contribution in [0.3, 0.4) is 0 Å². The lowest BCUT2D eigenvalue weighted by Crippen LogP contribution is -2.44. The first-order chi connectivity index (χ1) is 17.0. The van der Waals surface area contributed by atoms with E-state index < -0.39 is 8.32 Å². The van der Waals surface area contributed by atoms with Crippen molar-refractivity contribution in [1.29, 1.82) is 0 Å². The third-order valence-electron chi connectivity index (χ3n) is 8.51. The minimum atomic E-state index is -1.88. The summed E-state index contributed by atoms with van der Waals surface area (Å²) >= 11 is 0. The van der Waals surface area contributed by atoms with Crippen LogP contribution < -0.4 is 9.16 Å². The molecule has 1 aromatic rings. The number of allylic oxidation sites excluding steroid dienone is 6. The second-order valence-electron chi connectivity index (χ2n) is 13.5. The van der Waals surface area contributed by atoms with Crippen LogP contribution in [-0.4, -0.2) is 13.9 Å². The van der Waals surface area contributed by atoms with Crippen LogP contribution in [0.5, 0.6) is 11.5 Å². The minimum absolute atomic E-state index is 0.107. The van der Waals surface area contributed by atoms with Gasteiger partial charge in [-0.25, -0.2) is 0 Å². The van der Waals surface area contributed by atoms with Crippen molar-refractivity contribution in [1.82, 2.24) is 0 Å². The Kier molecular flexibility index (Phi) is 10.9. The first kappa shape index (κ1) is 31.5. The Morgan fingerprint density at radius 1 is 0.973 bits per heavy atom. The van der Waals surface area contributed by atoms with E-state index in [0.717, 1.165) is 56.4 Å². The summed E-state index contributed by atoms with van der Waals surface area (Å²) in [5, 5.41) is 0.185. The predicted octanol–water partition coefficient (Wildman–Crippen LogP) is 11.0. The molecule has 0 saturated carbocycles. The second-order valence-corrected chi connectivity index (χ2v) is 18.3. The normalized spacial score (nSPS) is 18.8. The molecule has 0 aromatic heterocycles. The van der Waals surface area contributed by atoms with Gasteiger partial charge < -0.3 is 9.16 Å². The Labute approximate surface area is 230 Å². The van der Waals surface area contributed by atoms with Gasteiger partial charge in [0.2, 0.25) is 8.32 Å². The molecule has 1 aromatic carbocycles. The topological polar surface area (TPSA) is 18.5 Å². The fraction of sp³-hybridized carbons (Fsp3) is 0.647. The number of hydrogen-bond acceptors (Lipinski definition) is 2. The minimum Gasteiger partial charge on any atom is -0.543 e. The Hall–Kier alpha value is -1.74. The molecule has 0 fully saturated rings. The van der Waals surface area contributed by atoms with Crippen LogP contribution in [0, 0.1) is 13.8 Å². The first-order valence-electron chi connectivity index (χ1n) is 14.5. The van der Waals surface area contributed by atoms with E-state index in [1.54, 1.807) is 0 Å². The number of rotatable bonds is 11. The summed E-state index contributed by atoms with van der Waals surface area (Å²) in [4.78, 5) is 0. The molecular weight excluding hydrogens is 468 g/mol. The van der Waals surface area contributed by atoms with Crippen molar-refractivity contribution in [3.8, 4) is 11.5 Å². The zero-order valence-corrected chi connectivity index (χ0v) is 27.3. The van der Waals surface area contributed by atoms with Crippen molar-refractivity contribution in [2.45, 2.75) is 144 Å². The van der Waals surface area contributed by atoms with E-state index in [1.807, 2.05) is 0 Å². The Morgan fingerprint density at radius 2 is 1.54 bits per heavy atom. The van der Waals surface area contributed by atoms with Gasteiger partial charge >= 0.3 is 0 Å². The van der Waals surface area contributed by atoms with Gasteiger partial charge in [-0.2, -0.15) is 0 Å². The largest absolute Gasteiger partial charge is 0.543 e. The van der Waals surface area contributed by atoms with Crippen molar-refractivity contribution in [2.75, 3.05) is 0 Å². The molecule has 1 heterocycles. The highest BCUT2D eigenvalue weighted by Crippen LogP contribution is 2.45. The molecule has 0 radical (unpaired) electrons. The highest BCUT2D eigenvalue weighted by Gasteiger charge is 2.40. The SMILES string of the molecule is CC(C)=CCC/C(C)=C/CC/C(C)=C/CC[C@]1(C)CCc2c(C)c(O[Si](C)(C)C(C)(C)C)cc(C)c2O1. The van der Waals surface area contributed by atoms with Gasteiger partial charge in [-0.1, -0.05) is 55.7 Å². The van der Waals surface area contributed by atoms with E-state index >= 15 is 0 Å². The molecule has 1 atom stereocenters. The molecule has 2 rings (SSSR count). The summed E-state index contributed by atoms with van der Waals surface area (Å²) in [6, 6.07) is 2.22. The quantitative estimate of drug-likeness (QED) is 0.212. The Morgan fingerprint density at radius 3 is 2.11 bits per heavy atom. The summed E-state index contributed by atoms with van der Waals surface area (Å²) < 4.78 is 13.5. The fourth-order valence-electron chi connectivity index (χ4n) is 4.73. The average Bonchev–Trinajstić information content (AvgIpc) is 2.76. The van der Waals surface area contributed by atoms with Crippen LogP contribution >= 0.6 is 0 Å². The monoisotopic (exact) mass is 524 g/mol. The average molecular weight is 525 g/mol. The van der Waals surface area contributed by atoms with Crippen LogP contribution in [0.25, 0.3) is 0 Å². The standard InChI is InChI=1S/C34H56O2Si/c1-25(2)16-13-17-26(3)18-14-19-27(4)20-15-22-34(10)23-21-30-29(6)31(24-28(5)32(30)35-34)36-37(11,12)33(7,8)9/h16,18,20,24H,13-15,17,19,21-23H2,1-12H3/b26-18+,27-20+/t34-/m1/s1. The molecular formula is C34H56O2Si. The third-order valence-corrected chi connectivity index (χ3v) is 12.9. The molecule has 0 N–H and O–H groups in total. The Balaban J connectivity index is 1.97. The third kappa shape index (κ3) is 9.20. The van der Waals surface area contributed by atoms with Crippen molar-refractivity contribution in [3.05, 3.63) is 57.7 Å². The molecule has 0 aliphatic carbocycles. The summed E-state index contributed by atoms with van der Waals surface area (Å²) in [7, 11) is -1.88. The molecule has 0 amide bonds. The van der Waals surface area contributed by atoms with Gasteiger partial charge in [-0.15, -0.1) is 0 Å². The van der Waals surface area contributed by atoms with Crippen molar-refractivity contribution >= 4 is 8.32 Å². The molecule has 1 aliphatic rings. The van der Waals surface area contributed by atoms with E-state index in [4.69, 9.17) is 9.16 Å². The number of benzene rings is 1. The maximum atomic E-state index is 6.74. The van der Waals surface area contributed by atoms with E-state index in [0.29, 0.717) is 0 Å². The maximum Gasteiger partial charge on any atom is 0.250 e. The van der Waals surface area contributed by atoms with E-state index in [-0.39, 0.29) is 10.6 Å². The van der Waals surface area contributed by atoms with Crippen molar-refractivity contribution < 1.29 is 9.16 Å². The van der Waals surface area contributed by atoms with Crippen LogP contribution in [0.1, 0.15) is 117 Å². The Bertz CT molecular complexity index is 1020. The lowest BCUT2D eigenvalue weighted by atomic mass is 9.86. The molecule has 0 spiro atoms. The number of aryl methyl sites for hydroxylation is 1.